The van der Waals surface area contributed by atoms with Gasteiger partial charge in [-0.1, -0.05) is 5.16 Å². The zero-order valence-electron chi connectivity index (χ0n) is 14.4. The molecule has 0 radical (unpaired) electrons. The molecule has 3 rings (SSSR count). The second kappa shape index (κ2) is 7.34. The highest BCUT2D eigenvalue weighted by Crippen LogP contribution is 2.32. The number of hydrogen-bond acceptors (Lipinski definition) is 7. The van der Waals surface area contributed by atoms with Crippen LogP contribution < -0.4 is 19.5 Å². The highest BCUT2D eigenvalue weighted by molar-refractivity contribution is 7.89. The van der Waals surface area contributed by atoms with Gasteiger partial charge in [-0.3, -0.25) is 4.79 Å². The molecule has 26 heavy (non-hydrogen) atoms. The summed E-state index contributed by atoms with van der Waals surface area (Å²) in [6.45, 7) is 3.95. The van der Waals surface area contributed by atoms with Crippen LogP contribution in [0.4, 0.5) is 5.69 Å². The quantitative estimate of drug-likeness (QED) is 0.775. The number of fused-ring (bicyclic) bond motifs is 1. The molecule has 0 saturated carbocycles. The Labute approximate surface area is 150 Å². The molecule has 10 heteroatoms. The van der Waals surface area contributed by atoms with E-state index in [9.17, 15) is 13.2 Å². The Balaban J connectivity index is 1.55. The number of amides is 1. The lowest BCUT2D eigenvalue weighted by Crippen LogP contribution is -2.28. The third-order valence-electron chi connectivity index (χ3n) is 3.71. The number of nitrogens with zero attached hydrogens (tertiary/aromatic N) is 1. The lowest BCUT2D eigenvalue weighted by atomic mass is 10.2. The predicted octanol–water partition coefficient (Wildman–Crippen LogP) is 1.37. The van der Waals surface area contributed by atoms with E-state index < -0.39 is 10.0 Å². The molecule has 1 amide bonds. The van der Waals surface area contributed by atoms with E-state index in [-0.39, 0.29) is 35.2 Å². The fourth-order valence-electron chi connectivity index (χ4n) is 2.57. The molecular weight excluding hydrogens is 362 g/mol. The van der Waals surface area contributed by atoms with E-state index in [0.29, 0.717) is 30.4 Å². The van der Waals surface area contributed by atoms with Crippen LogP contribution in [0.1, 0.15) is 17.9 Å². The first-order chi connectivity index (χ1) is 12.4. The molecule has 2 N–H and O–H groups in total. The molecule has 0 atom stereocenters. The Morgan fingerprint density at radius 2 is 1.92 bits per heavy atom. The zero-order chi connectivity index (χ0) is 18.7. The van der Waals surface area contributed by atoms with E-state index in [1.165, 1.54) is 6.92 Å². The average molecular weight is 381 g/mol. The van der Waals surface area contributed by atoms with Crippen LogP contribution >= 0.6 is 0 Å². The summed E-state index contributed by atoms with van der Waals surface area (Å²) in [6, 6.07) is 5.07. The first kappa shape index (κ1) is 18.2. The maximum atomic E-state index is 12.3. The van der Waals surface area contributed by atoms with Crippen molar-refractivity contribution in [3.05, 3.63) is 29.7 Å². The Morgan fingerprint density at radius 1 is 1.19 bits per heavy atom. The van der Waals surface area contributed by atoms with Gasteiger partial charge in [-0.25, -0.2) is 13.1 Å². The minimum atomic E-state index is -3.78. The maximum absolute atomic E-state index is 12.3. The van der Waals surface area contributed by atoms with Gasteiger partial charge in [-0.05, 0) is 26.0 Å². The first-order valence-electron chi connectivity index (χ1n) is 7.99. The number of carbonyl (C=O) groups excluding carboxylic acids is 1. The normalized spacial score (nSPS) is 13.5. The molecule has 2 heterocycles. The number of benzene rings is 1. The Morgan fingerprint density at radius 3 is 2.62 bits per heavy atom. The molecule has 0 bridgehead atoms. The van der Waals surface area contributed by atoms with Crippen LogP contribution in [0.3, 0.4) is 0 Å². The number of sulfonamides is 1. The van der Waals surface area contributed by atoms with Gasteiger partial charge in [-0.2, -0.15) is 0 Å². The van der Waals surface area contributed by atoms with Crippen molar-refractivity contribution in [2.75, 3.05) is 25.1 Å². The van der Waals surface area contributed by atoms with Gasteiger partial charge in [0.05, 0.1) is 0 Å². The second-order valence-electron chi connectivity index (χ2n) is 5.71. The predicted molar refractivity (Wildman–Crippen MR) is 91.8 cm³/mol. The largest absolute Gasteiger partial charge is 0.486 e. The van der Waals surface area contributed by atoms with Crippen molar-refractivity contribution >= 4 is 21.6 Å². The fourth-order valence-corrected chi connectivity index (χ4v) is 3.93. The number of rotatable bonds is 6. The van der Waals surface area contributed by atoms with Crippen molar-refractivity contribution in [2.24, 2.45) is 0 Å². The molecule has 0 saturated heterocycles. The summed E-state index contributed by atoms with van der Waals surface area (Å²) in [4.78, 5) is 12.0. The standard InChI is InChI=1S/C16H19N3O6S/c1-10-16(11(2)25-19-10)26(21,22)17-6-5-15(20)18-12-3-4-13-14(9-12)24-8-7-23-13/h3-4,9,17H,5-8H2,1-2H3,(H,18,20). The molecule has 140 valence electrons. The summed E-state index contributed by atoms with van der Waals surface area (Å²) in [5.41, 5.74) is 0.823. The van der Waals surface area contributed by atoms with E-state index in [2.05, 4.69) is 15.2 Å². The molecule has 1 aliphatic heterocycles. The number of aryl methyl sites for hydroxylation is 2. The lowest BCUT2D eigenvalue weighted by molar-refractivity contribution is -0.116. The van der Waals surface area contributed by atoms with Gasteiger partial charge in [0.15, 0.2) is 17.3 Å². The summed E-state index contributed by atoms with van der Waals surface area (Å²) in [6.07, 6.45) is -0.0307. The molecule has 9 nitrogen and oxygen atoms in total. The smallest absolute Gasteiger partial charge is 0.245 e. The third kappa shape index (κ3) is 3.97. The van der Waals surface area contributed by atoms with Crippen LogP contribution in [0.15, 0.2) is 27.6 Å². The fraction of sp³-hybridized carbons (Fsp3) is 0.375. The van der Waals surface area contributed by atoms with Crippen molar-refractivity contribution in [2.45, 2.75) is 25.2 Å². The van der Waals surface area contributed by atoms with Gasteiger partial charge in [0.2, 0.25) is 15.9 Å². The molecule has 2 aromatic rings. The molecule has 0 unspecified atom stereocenters. The van der Waals surface area contributed by atoms with Gasteiger partial charge >= 0.3 is 0 Å². The minimum Gasteiger partial charge on any atom is -0.486 e. The summed E-state index contributed by atoms with van der Waals surface area (Å²) in [7, 11) is -3.78. The van der Waals surface area contributed by atoms with Gasteiger partial charge in [0, 0.05) is 24.7 Å². The van der Waals surface area contributed by atoms with Gasteiger partial charge < -0.3 is 19.3 Å². The highest BCUT2D eigenvalue weighted by atomic mass is 32.2. The molecule has 0 fully saturated rings. The molecular formula is C16H19N3O6S. The number of hydrogen-bond donors (Lipinski definition) is 2. The average Bonchev–Trinajstić information content (AvgIpc) is 2.94. The summed E-state index contributed by atoms with van der Waals surface area (Å²) >= 11 is 0. The Kier molecular flexibility index (Phi) is 5.14. The number of anilines is 1. The van der Waals surface area contributed by atoms with Crippen molar-refractivity contribution in [3.63, 3.8) is 0 Å². The Bertz CT molecular complexity index is 903. The summed E-state index contributed by atoms with van der Waals surface area (Å²) < 4.78 is 42.6. The lowest BCUT2D eigenvalue weighted by Gasteiger charge is -2.19. The zero-order valence-corrected chi connectivity index (χ0v) is 15.2. The molecule has 0 spiro atoms. The van der Waals surface area contributed by atoms with Crippen LogP contribution in [0.25, 0.3) is 0 Å². The van der Waals surface area contributed by atoms with Crippen molar-refractivity contribution in [1.82, 2.24) is 9.88 Å². The first-order valence-corrected chi connectivity index (χ1v) is 9.47. The minimum absolute atomic E-state index is 0.00439. The molecule has 1 aromatic carbocycles. The topological polar surface area (TPSA) is 120 Å². The van der Waals surface area contributed by atoms with Crippen LogP contribution in [0.2, 0.25) is 0 Å². The number of carbonyl (C=O) groups is 1. The van der Waals surface area contributed by atoms with E-state index in [4.69, 9.17) is 14.0 Å². The monoisotopic (exact) mass is 381 g/mol. The van der Waals surface area contributed by atoms with Crippen LogP contribution in [-0.2, 0) is 14.8 Å². The van der Waals surface area contributed by atoms with Gasteiger partial charge in [0.25, 0.3) is 0 Å². The van der Waals surface area contributed by atoms with Crippen molar-refractivity contribution < 1.29 is 27.2 Å². The molecule has 1 aliphatic rings. The SMILES string of the molecule is Cc1noc(C)c1S(=O)(=O)NCCC(=O)Nc1ccc2c(c1)OCCO2. The third-order valence-corrected chi connectivity index (χ3v) is 5.41. The summed E-state index contributed by atoms with van der Waals surface area (Å²) in [5.74, 6) is 1.06. The van der Waals surface area contributed by atoms with E-state index in [1.807, 2.05) is 0 Å². The maximum Gasteiger partial charge on any atom is 0.245 e. The summed E-state index contributed by atoms with van der Waals surface area (Å²) in [5, 5.41) is 6.32. The number of ether oxygens (including phenoxy) is 2. The van der Waals surface area contributed by atoms with Crippen LogP contribution in [0, 0.1) is 13.8 Å². The Hall–Kier alpha value is -2.59. The number of nitrogens with one attached hydrogen (secondary N) is 2. The number of aromatic nitrogens is 1. The second-order valence-corrected chi connectivity index (χ2v) is 7.41. The van der Waals surface area contributed by atoms with Crippen molar-refractivity contribution in [3.8, 4) is 11.5 Å². The molecule has 1 aromatic heterocycles. The van der Waals surface area contributed by atoms with Gasteiger partial charge in [0.1, 0.15) is 23.8 Å². The van der Waals surface area contributed by atoms with Crippen LogP contribution in [0.5, 0.6) is 11.5 Å². The van der Waals surface area contributed by atoms with Crippen molar-refractivity contribution in [1.29, 1.82) is 0 Å². The van der Waals surface area contributed by atoms with Gasteiger partial charge in [-0.15, -0.1) is 0 Å². The van der Waals surface area contributed by atoms with E-state index in [1.54, 1.807) is 25.1 Å². The van der Waals surface area contributed by atoms with E-state index in [0.717, 1.165) is 0 Å². The molecule has 0 aliphatic carbocycles. The van der Waals surface area contributed by atoms with E-state index >= 15 is 0 Å². The van der Waals surface area contributed by atoms with Crippen LogP contribution in [-0.4, -0.2) is 39.2 Å². The highest BCUT2D eigenvalue weighted by Gasteiger charge is 2.24.